The Morgan fingerprint density at radius 3 is 3.05 bits per heavy atom. The van der Waals surface area contributed by atoms with Crippen LogP contribution in [0.2, 0.25) is 0 Å². The lowest BCUT2D eigenvalue weighted by Crippen LogP contribution is -2.19. The first-order chi connectivity index (χ1) is 9.29. The Kier molecular flexibility index (Phi) is 5.57. The highest BCUT2D eigenvalue weighted by molar-refractivity contribution is 5.29. The molecular weight excluding hydrogens is 249 g/mol. The second kappa shape index (κ2) is 7.43. The molecule has 1 aromatic carbocycles. The maximum atomic E-state index is 13.9. The molecule has 1 unspecified atom stereocenters. The highest BCUT2D eigenvalue weighted by atomic mass is 19.1. The number of methoxy groups -OCH3 is 1. The van der Waals surface area contributed by atoms with Gasteiger partial charge in [-0.1, -0.05) is 6.07 Å². The summed E-state index contributed by atoms with van der Waals surface area (Å²) in [7, 11) is 1.65. The number of rotatable bonds is 7. The van der Waals surface area contributed by atoms with E-state index in [0.29, 0.717) is 32.1 Å². The number of benzene rings is 1. The minimum absolute atomic E-state index is 0.0276. The molecule has 2 rings (SSSR count). The van der Waals surface area contributed by atoms with Gasteiger partial charge in [-0.15, -0.1) is 0 Å². The average molecular weight is 269 g/mol. The number of hydrogen-bond donors (Lipinski definition) is 1. The molecule has 0 spiro atoms. The molecule has 5 heteroatoms. The van der Waals surface area contributed by atoms with Gasteiger partial charge in [0.25, 0.3) is 0 Å². The fourth-order valence-corrected chi connectivity index (χ4v) is 1.94. The average Bonchev–Trinajstić information content (AvgIpc) is 2.91. The quantitative estimate of drug-likeness (QED) is 0.765. The van der Waals surface area contributed by atoms with Crippen LogP contribution in [0.5, 0.6) is 5.75 Å². The van der Waals surface area contributed by atoms with Gasteiger partial charge in [0.05, 0.1) is 19.8 Å². The Balaban J connectivity index is 1.85. The van der Waals surface area contributed by atoms with Gasteiger partial charge in [-0.25, -0.2) is 4.39 Å². The van der Waals surface area contributed by atoms with E-state index in [1.54, 1.807) is 13.2 Å². The Morgan fingerprint density at radius 2 is 2.37 bits per heavy atom. The molecular formula is C14H20FNO3. The van der Waals surface area contributed by atoms with Crippen molar-refractivity contribution in [3.05, 3.63) is 29.6 Å². The summed E-state index contributed by atoms with van der Waals surface area (Å²) in [4.78, 5) is 0. The third kappa shape index (κ3) is 4.45. The molecule has 0 aliphatic carbocycles. The van der Waals surface area contributed by atoms with E-state index in [2.05, 4.69) is 5.32 Å². The summed E-state index contributed by atoms with van der Waals surface area (Å²) in [5.74, 6) is -0.0194. The first-order valence-corrected chi connectivity index (χ1v) is 6.52. The Hall–Kier alpha value is -1.17. The zero-order chi connectivity index (χ0) is 13.5. The van der Waals surface area contributed by atoms with Crippen molar-refractivity contribution in [3.8, 4) is 5.75 Å². The van der Waals surface area contributed by atoms with Crippen LogP contribution in [0, 0.1) is 5.82 Å². The van der Waals surface area contributed by atoms with Crippen molar-refractivity contribution >= 4 is 0 Å². The van der Waals surface area contributed by atoms with Crippen molar-refractivity contribution in [3.63, 3.8) is 0 Å². The Labute approximate surface area is 112 Å². The van der Waals surface area contributed by atoms with Gasteiger partial charge in [0.1, 0.15) is 6.10 Å². The lowest BCUT2D eigenvalue weighted by atomic mass is 10.2. The molecule has 1 aliphatic heterocycles. The van der Waals surface area contributed by atoms with Gasteiger partial charge in [0, 0.05) is 26.6 Å². The Bertz CT molecular complexity index is 394. The van der Waals surface area contributed by atoms with Crippen molar-refractivity contribution in [2.45, 2.75) is 19.1 Å². The maximum Gasteiger partial charge on any atom is 0.165 e. The minimum atomic E-state index is -0.321. The summed E-state index contributed by atoms with van der Waals surface area (Å²) in [6, 6.07) is 5.06. The smallest absolute Gasteiger partial charge is 0.165 e. The summed E-state index contributed by atoms with van der Waals surface area (Å²) < 4.78 is 29.6. The van der Waals surface area contributed by atoms with E-state index in [1.165, 1.54) is 6.07 Å². The maximum absolute atomic E-state index is 13.9. The van der Waals surface area contributed by atoms with Crippen molar-refractivity contribution in [2.24, 2.45) is 0 Å². The van der Waals surface area contributed by atoms with Crippen molar-refractivity contribution < 1.29 is 18.6 Å². The normalized spacial score (nSPS) is 18.7. The van der Waals surface area contributed by atoms with Gasteiger partial charge in [0.15, 0.2) is 11.6 Å². The zero-order valence-corrected chi connectivity index (χ0v) is 11.2. The van der Waals surface area contributed by atoms with Crippen LogP contribution < -0.4 is 10.1 Å². The van der Waals surface area contributed by atoms with Gasteiger partial charge < -0.3 is 19.5 Å². The second-order valence-electron chi connectivity index (χ2n) is 4.54. The molecule has 1 fully saturated rings. The van der Waals surface area contributed by atoms with E-state index in [1.807, 2.05) is 6.07 Å². The van der Waals surface area contributed by atoms with Crippen LogP contribution in [-0.2, 0) is 16.0 Å². The number of nitrogens with one attached hydrogen (secondary N) is 1. The molecule has 1 heterocycles. The molecule has 1 atom stereocenters. The molecule has 19 heavy (non-hydrogen) atoms. The van der Waals surface area contributed by atoms with Crippen LogP contribution in [-0.4, -0.2) is 39.6 Å². The van der Waals surface area contributed by atoms with E-state index >= 15 is 0 Å². The minimum Gasteiger partial charge on any atom is -0.485 e. The number of halogens is 1. The summed E-state index contributed by atoms with van der Waals surface area (Å²) in [6.07, 6.45) is 0.792. The molecule has 4 nitrogen and oxygen atoms in total. The Morgan fingerprint density at radius 1 is 1.47 bits per heavy atom. The van der Waals surface area contributed by atoms with Crippen LogP contribution >= 0.6 is 0 Å². The van der Waals surface area contributed by atoms with Gasteiger partial charge in [-0.2, -0.15) is 0 Å². The van der Waals surface area contributed by atoms with Gasteiger partial charge >= 0.3 is 0 Å². The third-order valence-corrected chi connectivity index (χ3v) is 2.99. The molecule has 0 amide bonds. The fraction of sp³-hybridized carbons (Fsp3) is 0.571. The van der Waals surface area contributed by atoms with E-state index < -0.39 is 0 Å². The summed E-state index contributed by atoms with van der Waals surface area (Å²) in [5, 5.41) is 3.17. The number of ether oxygens (including phenoxy) is 3. The van der Waals surface area contributed by atoms with Gasteiger partial charge in [-0.05, 0) is 17.7 Å². The van der Waals surface area contributed by atoms with Crippen molar-refractivity contribution in [1.29, 1.82) is 0 Å². The molecule has 1 aliphatic rings. The molecule has 1 aromatic rings. The topological polar surface area (TPSA) is 39.7 Å². The predicted octanol–water partition coefficient (Wildman–Crippen LogP) is 1.73. The monoisotopic (exact) mass is 269 g/mol. The van der Waals surface area contributed by atoms with E-state index in [0.717, 1.165) is 18.5 Å². The lowest BCUT2D eigenvalue weighted by molar-refractivity contribution is 0.138. The zero-order valence-electron chi connectivity index (χ0n) is 11.2. The highest BCUT2D eigenvalue weighted by Gasteiger charge is 2.18. The van der Waals surface area contributed by atoms with Crippen molar-refractivity contribution in [1.82, 2.24) is 5.32 Å². The molecule has 1 N–H and O–H groups in total. The fourth-order valence-electron chi connectivity index (χ4n) is 1.94. The molecule has 0 saturated carbocycles. The first kappa shape index (κ1) is 14.2. The van der Waals surface area contributed by atoms with Crippen LogP contribution in [0.3, 0.4) is 0 Å². The lowest BCUT2D eigenvalue weighted by Gasteiger charge is -2.13. The first-order valence-electron chi connectivity index (χ1n) is 6.52. The molecule has 0 aromatic heterocycles. The van der Waals surface area contributed by atoms with Crippen LogP contribution in [0.1, 0.15) is 12.0 Å². The summed E-state index contributed by atoms with van der Waals surface area (Å²) in [6.45, 7) is 3.24. The van der Waals surface area contributed by atoms with E-state index in [9.17, 15) is 4.39 Å². The third-order valence-electron chi connectivity index (χ3n) is 2.99. The second-order valence-corrected chi connectivity index (χ2v) is 4.54. The largest absolute Gasteiger partial charge is 0.485 e. The molecule has 1 saturated heterocycles. The van der Waals surface area contributed by atoms with Gasteiger partial charge in [0.2, 0.25) is 0 Å². The van der Waals surface area contributed by atoms with E-state index in [4.69, 9.17) is 14.2 Å². The predicted molar refractivity (Wildman–Crippen MR) is 69.8 cm³/mol. The number of hydrogen-bond acceptors (Lipinski definition) is 4. The summed E-state index contributed by atoms with van der Waals surface area (Å²) >= 11 is 0. The molecule has 106 valence electrons. The summed E-state index contributed by atoms with van der Waals surface area (Å²) in [5.41, 5.74) is 0.892. The van der Waals surface area contributed by atoms with Crippen LogP contribution in [0.4, 0.5) is 4.39 Å². The van der Waals surface area contributed by atoms with Crippen LogP contribution in [0.15, 0.2) is 18.2 Å². The SMILES string of the molecule is COCCNCc1ccc(OC2CCOC2)c(F)c1. The highest BCUT2D eigenvalue weighted by Crippen LogP contribution is 2.22. The van der Waals surface area contributed by atoms with Gasteiger partial charge in [-0.3, -0.25) is 0 Å². The van der Waals surface area contributed by atoms with Crippen molar-refractivity contribution in [2.75, 3.05) is 33.5 Å². The molecule has 0 radical (unpaired) electrons. The molecule has 0 bridgehead atoms. The van der Waals surface area contributed by atoms with E-state index in [-0.39, 0.29) is 11.9 Å². The standard InChI is InChI=1S/C14H20FNO3/c1-17-7-5-16-9-11-2-3-14(13(15)8-11)19-12-4-6-18-10-12/h2-3,8,12,16H,4-7,9-10H2,1H3. The van der Waals surface area contributed by atoms with Crippen LogP contribution in [0.25, 0.3) is 0 Å².